The van der Waals surface area contributed by atoms with E-state index in [1.54, 1.807) is 0 Å². The predicted octanol–water partition coefficient (Wildman–Crippen LogP) is 0.298. The van der Waals surface area contributed by atoms with Crippen LogP contribution in [0.4, 0.5) is 0 Å². The Morgan fingerprint density at radius 2 is 2.33 bits per heavy atom. The van der Waals surface area contributed by atoms with Gasteiger partial charge >= 0.3 is 0 Å². The van der Waals surface area contributed by atoms with Crippen molar-refractivity contribution in [2.75, 3.05) is 39.5 Å². The Morgan fingerprint density at radius 1 is 1.44 bits per heavy atom. The van der Waals surface area contributed by atoms with E-state index in [-0.39, 0.29) is 5.91 Å². The molecule has 0 bridgehead atoms. The first-order valence-electron chi connectivity index (χ1n) is 7.01. The second-order valence-corrected chi connectivity index (χ2v) is 5.14. The maximum Gasteiger partial charge on any atom is 0.220 e. The van der Waals surface area contributed by atoms with Crippen LogP contribution in [-0.2, 0) is 14.3 Å². The van der Waals surface area contributed by atoms with Gasteiger partial charge in [0.05, 0.1) is 12.7 Å². The molecule has 5 nitrogen and oxygen atoms in total. The molecule has 2 heterocycles. The van der Waals surface area contributed by atoms with Crippen LogP contribution in [0.5, 0.6) is 0 Å². The summed E-state index contributed by atoms with van der Waals surface area (Å²) in [6.45, 7) is 4.95. The Hall–Kier alpha value is -0.650. The van der Waals surface area contributed by atoms with Crippen LogP contribution in [0, 0.1) is 5.92 Å². The van der Waals surface area contributed by atoms with Gasteiger partial charge in [0.1, 0.15) is 0 Å². The zero-order valence-corrected chi connectivity index (χ0v) is 11.0. The van der Waals surface area contributed by atoms with Gasteiger partial charge in [-0.25, -0.2) is 0 Å². The van der Waals surface area contributed by atoms with E-state index in [2.05, 4.69) is 10.6 Å². The van der Waals surface area contributed by atoms with E-state index in [0.717, 1.165) is 39.0 Å². The van der Waals surface area contributed by atoms with Crippen LogP contribution in [0.3, 0.4) is 0 Å². The molecule has 1 atom stereocenters. The van der Waals surface area contributed by atoms with Crippen LogP contribution in [0.25, 0.3) is 0 Å². The van der Waals surface area contributed by atoms with Crippen LogP contribution in [0.2, 0.25) is 0 Å². The number of rotatable bonds is 8. The third kappa shape index (κ3) is 4.92. The molecular weight excluding hydrogens is 232 g/mol. The van der Waals surface area contributed by atoms with Gasteiger partial charge in [0, 0.05) is 26.2 Å². The lowest BCUT2D eigenvalue weighted by molar-refractivity contribution is -0.122. The molecule has 1 unspecified atom stereocenters. The molecule has 2 aliphatic rings. The minimum atomic E-state index is 0.167. The van der Waals surface area contributed by atoms with E-state index in [0.29, 0.717) is 38.2 Å². The number of ether oxygens (including phenoxy) is 2. The van der Waals surface area contributed by atoms with Crippen molar-refractivity contribution in [3.05, 3.63) is 0 Å². The van der Waals surface area contributed by atoms with Crippen LogP contribution in [0.1, 0.15) is 25.7 Å². The Bertz CT molecular complexity index is 251. The smallest absolute Gasteiger partial charge is 0.220 e. The van der Waals surface area contributed by atoms with Gasteiger partial charge in [0.15, 0.2) is 0 Å². The van der Waals surface area contributed by atoms with Gasteiger partial charge in [-0.05, 0) is 38.3 Å². The molecule has 0 saturated carbocycles. The maximum absolute atomic E-state index is 11.5. The fourth-order valence-electron chi connectivity index (χ4n) is 2.22. The molecule has 2 fully saturated rings. The van der Waals surface area contributed by atoms with Gasteiger partial charge in [-0.15, -0.1) is 0 Å². The summed E-state index contributed by atoms with van der Waals surface area (Å²) < 4.78 is 11.0. The minimum absolute atomic E-state index is 0.167. The molecule has 104 valence electrons. The molecule has 0 spiro atoms. The molecule has 18 heavy (non-hydrogen) atoms. The molecular formula is C13H24N2O3. The first-order valence-corrected chi connectivity index (χ1v) is 7.01. The third-order valence-corrected chi connectivity index (χ3v) is 3.46. The summed E-state index contributed by atoms with van der Waals surface area (Å²) in [6, 6.07) is 0. The summed E-state index contributed by atoms with van der Waals surface area (Å²) in [5, 5.41) is 6.10. The highest BCUT2D eigenvalue weighted by Crippen LogP contribution is 2.11. The van der Waals surface area contributed by atoms with Crippen molar-refractivity contribution in [3.63, 3.8) is 0 Å². The summed E-state index contributed by atoms with van der Waals surface area (Å²) in [5.41, 5.74) is 0. The third-order valence-electron chi connectivity index (χ3n) is 3.46. The van der Waals surface area contributed by atoms with Gasteiger partial charge < -0.3 is 20.1 Å². The van der Waals surface area contributed by atoms with E-state index in [4.69, 9.17) is 9.47 Å². The average molecular weight is 256 g/mol. The van der Waals surface area contributed by atoms with Crippen molar-refractivity contribution in [1.82, 2.24) is 10.6 Å². The lowest BCUT2D eigenvalue weighted by atomic mass is 9.99. The molecule has 0 aromatic rings. The SMILES string of the molecule is O=C(CC1CNC1)NCCCOCC1CCCO1. The summed E-state index contributed by atoms with van der Waals surface area (Å²) in [5.74, 6) is 0.710. The largest absolute Gasteiger partial charge is 0.379 e. The number of carbonyl (C=O) groups is 1. The zero-order valence-electron chi connectivity index (χ0n) is 11.0. The molecule has 0 aromatic carbocycles. The van der Waals surface area contributed by atoms with Crippen molar-refractivity contribution in [1.29, 1.82) is 0 Å². The summed E-state index contributed by atoms with van der Waals surface area (Å²) in [7, 11) is 0. The number of amides is 1. The normalized spacial score (nSPS) is 23.9. The highest BCUT2D eigenvalue weighted by molar-refractivity contribution is 5.76. The number of hydrogen-bond donors (Lipinski definition) is 2. The lowest BCUT2D eigenvalue weighted by Gasteiger charge is -2.26. The summed E-state index contributed by atoms with van der Waals surface area (Å²) in [4.78, 5) is 11.5. The van der Waals surface area contributed by atoms with Crippen LogP contribution in [-0.4, -0.2) is 51.5 Å². The van der Waals surface area contributed by atoms with Crippen LogP contribution < -0.4 is 10.6 Å². The van der Waals surface area contributed by atoms with E-state index < -0.39 is 0 Å². The Labute approximate surface area is 109 Å². The van der Waals surface area contributed by atoms with Crippen molar-refractivity contribution >= 4 is 5.91 Å². The first kappa shape index (κ1) is 13.8. The van der Waals surface area contributed by atoms with Crippen LogP contribution in [0.15, 0.2) is 0 Å². The molecule has 2 saturated heterocycles. The second-order valence-electron chi connectivity index (χ2n) is 5.14. The first-order chi connectivity index (χ1) is 8.84. The minimum Gasteiger partial charge on any atom is -0.379 e. The molecule has 0 aromatic heterocycles. The van der Waals surface area contributed by atoms with E-state index in [1.165, 1.54) is 0 Å². The van der Waals surface area contributed by atoms with Gasteiger partial charge in [-0.2, -0.15) is 0 Å². The molecule has 0 aliphatic carbocycles. The summed E-state index contributed by atoms with van der Waals surface area (Å²) >= 11 is 0. The molecule has 2 aliphatic heterocycles. The molecule has 1 amide bonds. The van der Waals surface area contributed by atoms with Gasteiger partial charge in [0.25, 0.3) is 0 Å². The Balaban J connectivity index is 1.37. The molecule has 5 heteroatoms. The van der Waals surface area contributed by atoms with Gasteiger partial charge in [-0.3, -0.25) is 4.79 Å². The van der Waals surface area contributed by atoms with Crippen molar-refractivity contribution in [2.24, 2.45) is 5.92 Å². The quantitative estimate of drug-likeness (QED) is 0.613. The molecule has 2 N–H and O–H groups in total. The van der Waals surface area contributed by atoms with E-state index in [9.17, 15) is 4.79 Å². The Morgan fingerprint density at radius 3 is 3.00 bits per heavy atom. The fourth-order valence-corrected chi connectivity index (χ4v) is 2.22. The lowest BCUT2D eigenvalue weighted by Crippen LogP contribution is -2.44. The topological polar surface area (TPSA) is 59.6 Å². The number of nitrogens with one attached hydrogen (secondary N) is 2. The summed E-state index contributed by atoms with van der Waals surface area (Å²) in [6.07, 6.45) is 4.10. The number of carbonyl (C=O) groups excluding carboxylic acids is 1. The molecule has 0 radical (unpaired) electrons. The highest BCUT2D eigenvalue weighted by Gasteiger charge is 2.19. The Kier molecular flexibility index (Phi) is 5.90. The molecule has 2 rings (SSSR count). The maximum atomic E-state index is 11.5. The average Bonchev–Trinajstić information content (AvgIpc) is 2.81. The van der Waals surface area contributed by atoms with Crippen molar-refractivity contribution in [2.45, 2.75) is 31.8 Å². The fraction of sp³-hybridized carbons (Fsp3) is 0.923. The standard InChI is InChI=1S/C13H24N2O3/c16-13(7-11-8-14-9-11)15-4-2-5-17-10-12-3-1-6-18-12/h11-12,14H,1-10H2,(H,15,16). The second kappa shape index (κ2) is 7.71. The van der Waals surface area contributed by atoms with Crippen molar-refractivity contribution < 1.29 is 14.3 Å². The zero-order chi connectivity index (χ0) is 12.6. The van der Waals surface area contributed by atoms with Gasteiger partial charge in [0.2, 0.25) is 5.91 Å². The predicted molar refractivity (Wildman–Crippen MR) is 68.4 cm³/mol. The van der Waals surface area contributed by atoms with Crippen LogP contribution >= 0.6 is 0 Å². The highest BCUT2D eigenvalue weighted by atomic mass is 16.5. The van der Waals surface area contributed by atoms with Crippen molar-refractivity contribution in [3.8, 4) is 0 Å². The van der Waals surface area contributed by atoms with Gasteiger partial charge in [-0.1, -0.05) is 0 Å². The number of hydrogen-bond acceptors (Lipinski definition) is 4. The van der Waals surface area contributed by atoms with E-state index >= 15 is 0 Å². The monoisotopic (exact) mass is 256 g/mol. The van der Waals surface area contributed by atoms with E-state index in [1.807, 2.05) is 0 Å².